The fraction of sp³-hybridized carbons (Fsp3) is 0.0833. The highest BCUT2D eigenvalue weighted by Gasteiger charge is 2.16. The van der Waals surface area contributed by atoms with E-state index in [1.807, 2.05) is 53.1 Å². The van der Waals surface area contributed by atoms with Gasteiger partial charge in [-0.05, 0) is 47.5 Å². The van der Waals surface area contributed by atoms with Crippen molar-refractivity contribution in [3.8, 4) is 28.2 Å². The van der Waals surface area contributed by atoms with Crippen LogP contribution < -0.4 is 0 Å². The molecule has 0 fully saturated rings. The summed E-state index contributed by atoms with van der Waals surface area (Å²) in [6, 6.07) is 21.8. The first-order valence-corrected chi connectivity index (χ1v) is 11.8. The molecular weight excluding hydrogens is 432 g/mol. The van der Waals surface area contributed by atoms with Gasteiger partial charge in [-0.3, -0.25) is 9.36 Å². The summed E-state index contributed by atoms with van der Waals surface area (Å²) in [4.78, 5) is 16.7. The second-order valence-electron chi connectivity index (χ2n) is 7.20. The van der Waals surface area contributed by atoms with E-state index in [9.17, 15) is 13.2 Å². The molecule has 0 spiro atoms. The number of hydrogen-bond donors (Lipinski definition) is 0. The third-order valence-corrected chi connectivity index (χ3v) is 6.36. The fourth-order valence-electron chi connectivity index (χ4n) is 3.30. The molecule has 0 aliphatic heterocycles. The Balaban J connectivity index is 1.78. The smallest absolute Gasteiger partial charge is 0.179 e. The van der Waals surface area contributed by atoms with Gasteiger partial charge < -0.3 is 0 Å². The van der Waals surface area contributed by atoms with E-state index < -0.39 is 9.84 Å². The minimum atomic E-state index is -3.29. The molecule has 0 saturated heterocycles. The van der Waals surface area contributed by atoms with Crippen LogP contribution in [-0.4, -0.2) is 30.0 Å². The molecule has 7 heteroatoms. The Kier molecular flexibility index (Phi) is 5.52. The molecule has 4 rings (SSSR count). The average Bonchev–Trinajstić information content (AvgIpc) is 3.19. The number of benzene rings is 3. The summed E-state index contributed by atoms with van der Waals surface area (Å²) in [6.45, 7) is 1.47. The van der Waals surface area contributed by atoms with Gasteiger partial charge >= 0.3 is 0 Å². The number of imidazole rings is 1. The van der Waals surface area contributed by atoms with Crippen LogP contribution in [0.2, 0.25) is 5.02 Å². The van der Waals surface area contributed by atoms with E-state index in [-0.39, 0.29) is 10.7 Å². The quantitative estimate of drug-likeness (QED) is 0.378. The number of ketones is 1. The van der Waals surface area contributed by atoms with Gasteiger partial charge in [-0.2, -0.15) is 0 Å². The van der Waals surface area contributed by atoms with Crippen molar-refractivity contribution >= 4 is 27.2 Å². The molecule has 0 bridgehead atoms. The largest absolute Gasteiger partial charge is 0.299 e. The Hall–Kier alpha value is -3.22. The van der Waals surface area contributed by atoms with Gasteiger partial charge in [0.25, 0.3) is 0 Å². The summed E-state index contributed by atoms with van der Waals surface area (Å²) in [5.74, 6) is 0.434. The number of sulfone groups is 1. The molecule has 4 aromatic rings. The highest BCUT2D eigenvalue weighted by molar-refractivity contribution is 7.90. The van der Waals surface area contributed by atoms with E-state index in [0.29, 0.717) is 16.5 Å². The zero-order chi connectivity index (χ0) is 22.2. The molecule has 0 aliphatic carbocycles. The molecular formula is C24H19ClN2O3S. The zero-order valence-corrected chi connectivity index (χ0v) is 18.5. The van der Waals surface area contributed by atoms with E-state index in [1.54, 1.807) is 30.5 Å². The van der Waals surface area contributed by atoms with Gasteiger partial charge in [-0.15, -0.1) is 0 Å². The lowest BCUT2D eigenvalue weighted by molar-refractivity contribution is 0.101. The molecule has 3 aromatic carbocycles. The summed E-state index contributed by atoms with van der Waals surface area (Å²) in [7, 11) is -3.29. The monoisotopic (exact) mass is 450 g/mol. The molecule has 1 heterocycles. The van der Waals surface area contributed by atoms with Crippen molar-refractivity contribution in [2.75, 3.05) is 6.26 Å². The van der Waals surface area contributed by atoms with Crippen molar-refractivity contribution in [1.82, 2.24) is 9.55 Å². The van der Waals surface area contributed by atoms with Gasteiger partial charge in [0.15, 0.2) is 15.6 Å². The van der Waals surface area contributed by atoms with Crippen LogP contribution >= 0.6 is 11.6 Å². The standard InChI is InChI=1S/C24H19ClN2O3S/c1-16(28)23-15-27(24(26-23)21-8-3-4-9-22(21)25)19-12-10-17(11-13-19)18-6-5-7-20(14-18)31(2,29)30/h3-15H,1-2H3. The molecule has 31 heavy (non-hydrogen) atoms. The van der Waals surface area contributed by atoms with Crippen LogP contribution in [0.25, 0.3) is 28.2 Å². The van der Waals surface area contributed by atoms with Crippen molar-refractivity contribution in [3.63, 3.8) is 0 Å². The van der Waals surface area contributed by atoms with Crippen LogP contribution in [0.15, 0.2) is 83.9 Å². The maximum atomic E-state index is 12.0. The van der Waals surface area contributed by atoms with E-state index >= 15 is 0 Å². The lowest BCUT2D eigenvalue weighted by Crippen LogP contribution is -1.98. The van der Waals surface area contributed by atoms with Gasteiger partial charge in [-0.25, -0.2) is 13.4 Å². The molecule has 0 radical (unpaired) electrons. The maximum absolute atomic E-state index is 12.0. The van der Waals surface area contributed by atoms with Gasteiger partial charge in [0, 0.05) is 30.6 Å². The Labute approximate surface area is 185 Å². The van der Waals surface area contributed by atoms with Gasteiger partial charge in [0.1, 0.15) is 11.5 Å². The number of hydrogen-bond acceptors (Lipinski definition) is 4. The summed E-state index contributed by atoms with van der Waals surface area (Å²) >= 11 is 6.38. The van der Waals surface area contributed by atoms with Crippen LogP contribution in [0.1, 0.15) is 17.4 Å². The van der Waals surface area contributed by atoms with E-state index in [4.69, 9.17) is 11.6 Å². The Morgan fingerprint density at radius 3 is 2.29 bits per heavy atom. The molecule has 0 amide bonds. The first kappa shape index (κ1) is 21.0. The molecule has 156 valence electrons. The van der Waals surface area contributed by atoms with Crippen molar-refractivity contribution < 1.29 is 13.2 Å². The summed E-state index contributed by atoms with van der Waals surface area (Å²) in [6.07, 6.45) is 2.89. The molecule has 1 aromatic heterocycles. The molecule has 0 saturated carbocycles. The predicted molar refractivity (Wildman–Crippen MR) is 123 cm³/mol. The first-order valence-electron chi connectivity index (χ1n) is 9.50. The summed E-state index contributed by atoms with van der Waals surface area (Å²) in [5, 5.41) is 0.540. The minimum absolute atomic E-state index is 0.138. The van der Waals surface area contributed by atoms with Gasteiger partial charge in [0.2, 0.25) is 0 Å². The number of nitrogens with zero attached hydrogens (tertiary/aromatic N) is 2. The minimum Gasteiger partial charge on any atom is -0.299 e. The SMILES string of the molecule is CC(=O)c1cn(-c2ccc(-c3cccc(S(C)(=O)=O)c3)cc2)c(-c2ccccc2Cl)n1. The normalized spacial score (nSPS) is 11.5. The van der Waals surface area contributed by atoms with E-state index in [2.05, 4.69) is 4.98 Å². The topological polar surface area (TPSA) is 69.0 Å². The summed E-state index contributed by atoms with van der Waals surface area (Å²) < 4.78 is 25.6. The number of aromatic nitrogens is 2. The Morgan fingerprint density at radius 2 is 1.65 bits per heavy atom. The fourth-order valence-corrected chi connectivity index (χ4v) is 4.19. The van der Waals surface area contributed by atoms with Gasteiger partial charge in [0.05, 0.1) is 9.92 Å². The van der Waals surface area contributed by atoms with Crippen molar-refractivity contribution in [3.05, 3.63) is 89.7 Å². The molecule has 0 unspecified atom stereocenters. The second-order valence-corrected chi connectivity index (χ2v) is 9.63. The number of carbonyl (C=O) groups is 1. The van der Waals surface area contributed by atoms with Crippen molar-refractivity contribution in [2.24, 2.45) is 0 Å². The Bertz CT molecular complexity index is 1390. The average molecular weight is 451 g/mol. The summed E-state index contributed by atoms with van der Waals surface area (Å²) in [5.41, 5.74) is 3.55. The van der Waals surface area contributed by atoms with Crippen LogP contribution in [0.3, 0.4) is 0 Å². The molecule has 5 nitrogen and oxygen atoms in total. The second kappa shape index (κ2) is 8.13. The van der Waals surface area contributed by atoms with Crippen LogP contribution in [0.4, 0.5) is 0 Å². The third kappa shape index (κ3) is 4.31. The number of rotatable bonds is 5. The zero-order valence-electron chi connectivity index (χ0n) is 16.9. The van der Waals surface area contributed by atoms with Crippen LogP contribution in [0, 0.1) is 0 Å². The lowest BCUT2D eigenvalue weighted by Gasteiger charge is -2.10. The number of Topliss-reactive ketones (excluding diaryl/α,β-unsaturated/α-hetero) is 1. The highest BCUT2D eigenvalue weighted by Crippen LogP contribution is 2.30. The lowest BCUT2D eigenvalue weighted by atomic mass is 10.1. The number of carbonyl (C=O) groups excluding carboxylic acids is 1. The predicted octanol–water partition coefficient (Wildman–Crippen LogP) is 5.47. The highest BCUT2D eigenvalue weighted by atomic mass is 35.5. The van der Waals surface area contributed by atoms with Crippen LogP contribution in [0.5, 0.6) is 0 Å². The third-order valence-electron chi connectivity index (χ3n) is 4.92. The van der Waals surface area contributed by atoms with E-state index in [1.165, 1.54) is 13.2 Å². The van der Waals surface area contributed by atoms with Crippen molar-refractivity contribution in [2.45, 2.75) is 11.8 Å². The Morgan fingerprint density at radius 1 is 0.935 bits per heavy atom. The maximum Gasteiger partial charge on any atom is 0.179 e. The number of halogens is 1. The molecule has 0 atom stereocenters. The molecule has 0 N–H and O–H groups in total. The van der Waals surface area contributed by atoms with Gasteiger partial charge in [-0.1, -0.05) is 48.0 Å². The van der Waals surface area contributed by atoms with Crippen molar-refractivity contribution in [1.29, 1.82) is 0 Å². The molecule has 0 aliphatic rings. The van der Waals surface area contributed by atoms with E-state index in [0.717, 1.165) is 22.4 Å². The first-order chi connectivity index (χ1) is 14.7. The van der Waals surface area contributed by atoms with Crippen LogP contribution in [-0.2, 0) is 9.84 Å².